The molecule has 1 saturated heterocycles. The first kappa shape index (κ1) is 35.2. The summed E-state index contributed by atoms with van der Waals surface area (Å²) in [5.74, 6) is 0.941. The number of benzene rings is 2. The van der Waals surface area contributed by atoms with E-state index in [0.29, 0.717) is 54.6 Å². The molecule has 0 radical (unpaired) electrons. The predicted molar refractivity (Wildman–Crippen MR) is 159 cm³/mol. The number of nitrogens with two attached hydrogens (primary N) is 1. The SMILES string of the molecule is C=C1CC(=O)O1.COc1ccc(CCNC(C)=O)cc1N.COc1ccc(CCNC(C)=O)cc1NC(=O)CC(C)=O. The molecule has 1 aliphatic heterocycles. The minimum Gasteiger partial charge on any atom is -0.495 e. The first-order valence-corrected chi connectivity index (χ1v) is 13.1. The number of hydrogen-bond acceptors (Lipinski definition) is 9. The van der Waals surface area contributed by atoms with Gasteiger partial charge in [-0.3, -0.25) is 24.0 Å². The van der Waals surface area contributed by atoms with Crippen LogP contribution < -0.4 is 31.2 Å². The molecule has 0 saturated carbocycles. The van der Waals surface area contributed by atoms with Gasteiger partial charge in [0, 0.05) is 26.9 Å². The highest BCUT2D eigenvalue weighted by atomic mass is 16.6. The molecule has 12 heteroatoms. The molecule has 0 bridgehead atoms. The van der Waals surface area contributed by atoms with Gasteiger partial charge in [-0.25, -0.2) is 0 Å². The summed E-state index contributed by atoms with van der Waals surface area (Å²) < 4.78 is 14.5. The van der Waals surface area contributed by atoms with E-state index in [9.17, 15) is 24.0 Å². The zero-order valence-electron chi connectivity index (χ0n) is 24.8. The predicted octanol–water partition coefficient (Wildman–Crippen LogP) is 2.69. The van der Waals surface area contributed by atoms with E-state index in [-0.39, 0.29) is 35.9 Å². The second kappa shape index (κ2) is 18.5. The Morgan fingerprint density at radius 2 is 1.38 bits per heavy atom. The molecule has 0 atom stereocenters. The third-order valence-corrected chi connectivity index (χ3v) is 5.42. The van der Waals surface area contributed by atoms with Gasteiger partial charge in [0.15, 0.2) is 0 Å². The summed E-state index contributed by atoms with van der Waals surface area (Å²) in [7, 11) is 3.09. The summed E-state index contributed by atoms with van der Waals surface area (Å²) in [6, 6.07) is 11.0. The molecule has 0 spiro atoms. The first-order chi connectivity index (χ1) is 19.8. The Balaban J connectivity index is 0.000000362. The molecule has 3 amide bonds. The van der Waals surface area contributed by atoms with Crippen LogP contribution in [0.25, 0.3) is 0 Å². The van der Waals surface area contributed by atoms with Crippen molar-refractivity contribution in [1.29, 1.82) is 0 Å². The number of amides is 3. The molecular formula is C30H40N4O8. The van der Waals surface area contributed by atoms with Crippen molar-refractivity contribution >= 4 is 40.8 Å². The third kappa shape index (κ3) is 14.5. The van der Waals surface area contributed by atoms with E-state index in [0.717, 1.165) is 17.5 Å². The van der Waals surface area contributed by atoms with Gasteiger partial charge in [0.1, 0.15) is 29.5 Å². The van der Waals surface area contributed by atoms with Gasteiger partial charge < -0.3 is 35.9 Å². The van der Waals surface area contributed by atoms with Gasteiger partial charge >= 0.3 is 5.97 Å². The Bertz CT molecular complexity index is 1250. The summed E-state index contributed by atoms with van der Waals surface area (Å²) in [4.78, 5) is 53.9. The topological polar surface area (TPSA) is 175 Å². The summed E-state index contributed by atoms with van der Waals surface area (Å²) >= 11 is 0. The van der Waals surface area contributed by atoms with E-state index in [2.05, 4.69) is 27.3 Å². The van der Waals surface area contributed by atoms with Gasteiger partial charge in [0.25, 0.3) is 0 Å². The summed E-state index contributed by atoms with van der Waals surface area (Å²) in [6.45, 7) is 8.83. The Labute approximate surface area is 246 Å². The zero-order chi connectivity index (χ0) is 31.7. The number of esters is 1. The molecule has 228 valence electrons. The average Bonchev–Trinajstić information content (AvgIpc) is 2.88. The fraction of sp³-hybridized carbons (Fsp3) is 0.367. The smallest absolute Gasteiger partial charge is 0.318 e. The number of carbonyl (C=O) groups is 5. The number of ketones is 1. The van der Waals surface area contributed by atoms with Crippen molar-refractivity contribution in [3.8, 4) is 11.5 Å². The zero-order valence-corrected chi connectivity index (χ0v) is 24.8. The van der Waals surface area contributed by atoms with E-state index >= 15 is 0 Å². The molecule has 0 aliphatic carbocycles. The molecule has 5 N–H and O–H groups in total. The number of ether oxygens (including phenoxy) is 3. The first-order valence-electron chi connectivity index (χ1n) is 13.1. The van der Waals surface area contributed by atoms with Crippen LogP contribution in [0.4, 0.5) is 11.4 Å². The number of hydrogen-bond donors (Lipinski definition) is 4. The van der Waals surface area contributed by atoms with E-state index in [1.165, 1.54) is 27.9 Å². The lowest BCUT2D eigenvalue weighted by Gasteiger charge is -2.12. The van der Waals surface area contributed by atoms with Crippen molar-refractivity contribution < 1.29 is 38.2 Å². The lowest BCUT2D eigenvalue weighted by molar-refractivity contribution is -0.148. The van der Waals surface area contributed by atoms with Crippen molar-refractivity contribution in [3.05, 3.63) is 59.9 Å². The molecule has 3 rings (SSSR count). The van der Waals surface area contributed by atoms with Crippen LogP contribution >= 0.6 is 0 Å². The average molecular weight is 585 g/mol. The van der Waals surface area contributed by atoms with Crippen molar-refractivity contribution in [2.75, 3.05) is 38.4 Å². The van der Waals surface area contributed by atoms with Crippen LogP contribution in [0.15, 0.2) is 48.7 Å². The summed E-state index contributed by atoms with van der Waals surface area (Å²) in [5.41, 5.74) is 8.92. The highest BCUT2D eigenvalue weighted by molar-refractivity contribution is 6.04. The Kier molecular flexibility index (Phi) is 15.5. The number of methoxy groups -OCH3 is 2. The summed E-state index contributed by atoms with van der Waals surface area (Å²) in [5, 5.41) is 8.10. The monoisotopic (exact) mass is 584 g/mol. The van der Waals surface area contributed by atoms with Crippen LogP contribution in [0.3, 0.4) is 0 Å². The highest BCUT2D eigenvalue weighted by Gasteiger charge is 2.17. The second-order valence-corrected chi connectivity index (χ2v) is 9.19. The second-order valence-electron chi connectivity index (χ2n) is 9.19. The van der Waals surface area contributed by atoms with E-state index < -0.39 is 0 Å². The van der Waals surface area contributed by atoms with Crippen LogP contribution in [0.5, 0.6) is 11.5 Å². The van der Waals surface area contributed by atoms with Gasteiger partial charge in [0.2, 0.25) is 17.7 Å². The number of Topliss-reactive ketones (excluding diaryl/α,β-unsaturated/α-hetero) is 1. The Hall–Kier alpha value is -4.87. The maximum atomic E-state index is 11.7. The molecule has 12 nitrogen and oxygen atoms in total. The third-order valence-electron chi connectivity index (χ3n) is 5.42. The maximum Gasteiger partial charge on any atom is 0.318 e. The van der Waals surface area contributed by atoms with Crippen molar-refractivity contribution in [2.24, 2.45) is 0 Å². The fourth-order valence-corrected chi connectivity index (χ4v) is 3.45. The van der Waals surface area contributed by atoms with Gasteiger partial charge in [-0.05, 0) is 55.2 Å². The lowest BCUT2D eigenvalue weighted by Crippen LogP contribution is -2.22. The van der Waals surface area contributed by atoms with Crippen molar-refractivity contribution in [3.63, 3.8) is 0 Å². The molecule has 42 heavy (non-hydrogen) atoms. The van der Waals surface area contributed by atoms with Crippen LogP contribution in [0.2, 0.25) is 0 Å². The number of nitrogens with one attached hydrogen (secondary N) is 3. The van der Waals surface area contributed by atoms with Crippen molar-refractivity contribution in [2.45, 2.75) is 46.5 Å². The van der Waals surface area contributed by atoms with E-state index in [1.54, 1.807) is 19.2 Å². The van der Waals surface area contributed by atoms with E-state index in [1.807, 2.05) is 24.3 Å². The number of cyclic esters (lactones) is 1. The maximum absolute atomic E-state index is 11.7. The molecule has 1 heterocycles. The largest absolute Gasteiger partial charge is 0.495 e. The number of nitrogen functional groups attached to an aromatic ring is 1. The van der Waals surface area contributed by atoms with Crippen LogP contribution in [0.1, 0.15) is 44.7 Å². The van der Waals surface area contributed by atoms with Crippen molar-refractivity contribution in [1.82, 2.24) is 10.6 Å². The number of carbonyl (C=O) groups excluding carboxylic acids is 5. The quantitative estimate of drug-likeness (QED) is 0.176. The van der Waals surface area contributed by atoms with Gasteiger partial charge in [-0.1, -0.05) is 18.7 Å². The molecule has 1 aliphatic rings. The Morgan fingerprint density at radius 3 is 1.76 bits per heavy atom. The minimum atomic E-state index is -0.375. The van der Waals surface area contributed by atoms with Crippen LogP contribution in [-0.2, 0) is 41.6 Å². The normalized spacial score (nSPS) is 11.2. The summed E-state index contributed by atoms with van der Waals surface area (Å²) in [6.07, 6.45) is 1.66. The van der Waals surface area contributed by atoms with E-state index in [4.69, 9.17) is 15.2 Å². The molecule has 0 aromatic heterocycles. The molecule has 0 unspecified atom stereocenters. The fourth-order valence-electron chi connectivity index (χ4n) is 3.45. The molecular weight excluding hydrogens is 544 g/mol. The number of anilines is 2. The van der Waals surface area contributed by atoms with Gasteiger partial charge in [-0.2, -0.15) is 0 Å². The standard InChI is InChI=1S/C15H20N2O4.C11H16N2O2.C4H4O2/c1-10(18)8-15(20)17-13-9-12(4-5-14(13)21-3)6-7-16-11(2)19;1-8(14)13-6-5-9-3-4-11(15-2)10(12)7-9;1-3-2-4(5)6-3/h4-5,9H,6-8H2,1-3H3,(H,16,19)(H,17,20);3-4,7H,5-6,12H2,1-2H3,(H,13,14);1-2H2. The minimum absolute atomic E-state index is 0.0171. The molecule has 1 fully saturated rings. The number of rotatable bonds is 11. The lowest BCUT2D eigenvalue weighted by atomic mass is 10.1. The van der Waals surface area contributed by atoms with Crippen LogP contribution in [-0.4, -0.2) is 56.8 Å². The molecule has 2 aromatic rings. The van der Waals surface area contributed by atoms with Crippen LogP contribution in [0, 0.1) is 0 Å². The van der Waals surface area contributed by atoms with Gasteiger partial charge in [-0.15, -0.1) is 0 Å². The van der Waals surface area contributed by atoms with Gasteiger partial charge in [0.05, 0.1) is 32.0 Å². The Morgan fingerprint density at radius 1 is 0.881 bits per heavy atom. The highest BCUT2D eigenvalue weighted by Crippen LogP contribution is 2.26. The molecule has 2 aromatic carbocycles.